The maximum Gasteiger partial charge on any atom is 0.275 e. The van der Waals surface area contributed by atoms with Crippen LogP contribution in [0.2, 0.25) is 0 Å². The average molecular weight is 217 g/mol. The summed E-state index contributed by atoms with van der Waals surface area (Å²) in [5, 5.41) is 6.87. The predicted molar refractivity (Wildman–Crippen MR) is 56.0 cm³/mol. The second-order valence-electron chi connectivity index (χ2n) is 3.94. The van der Waals surface area contributed by atoms with E-state index in [1.54, 1.807) is 18.2 Å². The molecule has 0 unspecified atom stereocenters. The lowest BCUT2D eigenvalue weighted by molar-refractivity contribution is 0.0776. The van der Waals surface area contributed by atoms with E-state index in [-0.39, 0.29) is 11.9 Å². The molecule has 1 amide bonds. The summed E-state index contributed by atoms with van der Waals surface area (Å²) < 4.78 is 5.38. The molecule has 82 valence electrons. The molecule has 5 heteroatoms. The van der Waals surface area contributed by atoms with Gasteiger partial charge in [0.15, 0.2) is 5.69 Å². The lowest BCUT2D eigenvalue weighted by Gasteiger charge is -2.18. The number of nitrogens with one attached hydrogen (secondary N) is 1. The highest BCUT2D eigenvalue weighted by atomic mass is 16.3. The molecule has 0 saturated heterocycles. The van der Waals surface area contributed by atoms with Gasteiger partial charge in [-0.3, -0.25) is 9.89 Å². The third-order valence-corrected chi connectivity index (χ3v) is 2.99. The van der Waals surface area contributed by atoms with Gasteiger partial charge in [0, 0.05) is 18.3 Å². The number of aromatic nitrogens is 2. The van der Waals surface area contributed by atoms with Crippen molar-refractivity contribution < 1.29 is 9.21 Å². The number of carbonyl (C=O) groups is 1. The van der Waals surface area contributed by atoms with Crippen LogP contribution >= 0.6 is 0 Å². The highest BCUT2D eigenvalue weighted by Gasteiger charge is 2.40. The molecular weight excluding hydrogens is 206 g/mol. The summed E-state index contributed by atoms with van der Waals surface area (Å²) in [4.78, 5) is 13.6. The van der Waals surface area contributed by atoms with Gasteiger partial charge in [0.05, 0.1) is 6.26 Å². The molecule has 3 heterocycles. The number of aryl methyl sites for hydroxylation is 1. The summed E-state index contributed by atoms with van der Waals surface area (Å²) in [7, 11) is 1.76. The molecule has 0 spiro atoms. The molecule has 0 fully saturated rings. The molecule has 0 aliphatic carbocycles. The van der Waals surface area contributed by atoms with Crippen molar-refractivity contribution in [2.45, 2.75) is 13.0 Å². The summed E-state index contributed by atoms with van der Waals surface area (Å²) in [5.41, 5.74) is 2.33. The number of amides is 1. The van der Waals surface area contributed by atoms with E-state index in [4.69, 9.17) is 4.42 Å². The van der Waals surface area contributed by atoms with E-state index in [0.29, 0.717) is 5.69 Å². The van der Waals surface area contributed by atoms with Gasteiger partial charge in [0.2, 0.25) is 0 Å². The van der Waals surface area contributed by atoms with Gasteiger partial charge in [0.25, 0.3) is 5.91 Å². The number of rotatable bonds is 1. The fourth-order valence-electron chi connectivity index (χ4n) is 2.19. The zero-order chi connectivity index (χ0) is 11.3. The van der Waals surface area contributed by atoms with Crippen molar-refractivity contribution in [2.75, 3.05) is 7.05 Å². The summed E-state index contributed by atoms with van der Waals surface area (Å²) in [6.07, 6.45) is 1.61. The number of fused-ring (bicyclic) bond motifs is 1. The van der Waals surface area contributed by atoms with E-state index in [1.807, 2.05) is 19.1 Å². The van der Waals surface area contributed by atoms with Crippen molar-refractivity contribution in [3.8, 4) is 0 Å². The highest BCUT2D eigenvalue weighted by molar-refractivity contribution is 5.97. The molecular formula is C11H11N3O2. The number of hydrogen-bond donors (Lipinski definition) is 1. The van der Waals surface area contributed by atoms with Crippen LogP contribution in [0, 0.1) is 6.92 Å². The Bertz CT molecular complexity index is 542. The van der Waals surface area contributed by atoms with E-state index in [1.165, 1.54) is 0 Å². The predicted octanol–water partition coefficient (Wildman–Crippen LogP) is 1.49. The molecule has 5 nitrogen and oxygen atoms in total. The van der Waals surface area contributed by atoms with E-state index < -0.39 is 0 Å². The van der Waals surface area contributed by atoms with Crippen LogP contribution in [0.15, 0.2) is 22.8 Å². The van der Waals surface area contributed by atoms with Crippen LogP contribution in [-0.4, -0.2) is 28.1 Å². The van der Waals surface area contributed by atoms with Crippen molar-refractivity contribution in [1.82, 2.24) is 15.1 Å². The molecule has 1 atom stereocenters. The van der Waals surface area contributed by atoms with Crippen LogP contribution in [-0.2, 0) is 0 Å². The van der Waals surface area contributed by atoms with Gasteiger partial charge < -0.3 is 9.32 Å². The van der Waals surface area contributed by atoms with Gasteiger partial charge in [-0.15, -0.1) is 0 Å². The molecule has 1 aliphatic rings. The maximum absolute atomic E-state index is 11.9. The Kier molecular flexibility index (Phi) is 1.71. The summed E-state index contributed by atoms with van der Waals surface area (Å²) in [5.74, 6) is 0.694. The van der Waals surface area contributed by atoms with Gasteiger partial charge in [-0.2, -0.15) is 5.10 Å². The second kappa shape index (κ2) is 2.98. The normalized spacial score (nSPS) is 19.2. The minimum absolute atomic E-state index is 0.0687. The first-order valence-electron chi connectivity index (χ1n) is 5.05. The van der Waals surface area contributed by atoms with Crippen LogP contribution in [0.25, 0.3) is 0 Å². The zero-order valence-corrected chi connectivity index (χ0v) is 9.02. The Morgan fingerprint density at radius 2 is 2.38 bits per heavy atom. The zero-order valence-electron chi connectivity index (χ0n) is 9.02. The van der Waals surface area contributed by atoms with E-state index in [0.717, 1.165) is 17.0 Å². The van der Waals surface area contributed by atoms with Gasteiger partial charge in [0.1, 0.15) is 11.8 Å². The Labute approximate surface area is 92.1 Å². The first-order valence-corrected chi connectivity index (χ1v) is 5.05. The van der Waals surface area contributed by atoms with E-state index >= 15 is 0 Å². The smallest absolute Gasteiger partial charge is 0.275 e. The molecule has 2 aromatic heterocycles. The van der Waals surface area contributed by atoms with E-state index in [9.17, 15) is 4.79 Å². The average Bonchev–Trinajstić information content (AvgIpc) is 2.93. The van der Waals surface area contributed by atoms with Crippen LogP contribution in [0.1, 0.15) is 33.5 Å². The molecule has 2 aromatic rings. The third kappa shape index (κ3) is 0.997. The number of furan rings is 1. The molecule has 0 radical (unpaired) electrons. The van der Waals surface area contributed by atoms with Crippen LogP contribution in [0.3, 0.4) is 0 Å². The molecule has 0 aromatic carbocycles. The van der Waals surface area contributed by atoms with Crippen molar-refractivity contribution >= 4 is 5.91 Å². The first-order chi connectivity index (χ1) is 7.70. The molecule has 3 rings (SSSR count). The van der Waals surface area contributed by atoms with Crippen molar-refractivity contribution in [2.24, 2.45) is 0 Å². The third-order valence-electron chi connectivity index (χ3n) is 2.99. The Hall–Kier alpha value is -2.04. The largest absolute Gasteiger partial charge is 0.467 e. The summed E-state index contributed by atoms with van der Waals surface area (Å²) in [6, 6.07) is 3.54. The van der Waals surface area contributed by atoms with Gasteiger partial charge >= 0.3 is 0 Å². The number of nitrogens with zero attached hydrogens (tertiary/aromatic N) is 2. The van der Waals surface area contributed by atoms with Crippen molar-refractivity contribution in [1.29, 1.82) is 0 Å². The fraction of sp³-hybridized carbons (Fsp3) is 0.273. The van der Waals surface area contributed by atoms with E-state index in [2.05, 4.69) is 10.2 Å². The molecule has 16 heavy (non-hydrogen) atoms. The van der Waals surface area contributed by atoms with Crippen molar-refractivity contribution in [3.63, 3.8) is 0 Å². The quantitative estimate of drug-likeness (QED) is 0.787. The molecule has 0 bridgehead atoms. The maximum atomic E-state index is 11.9. The minimum Gasteiger partial charge on any atom is -0.467 e. The SMILES string of the molecule is Cc1[nH]nc2c1[C@H](c1ccco1)N(C)C2=O. The Morgan fingerprint density at radius 1 is 1.56 bits per heavy atom. The Balaban J connectivity index is 2.20. The van der Waals surface area contributed by atoms with Crippen LogP contribution < -0.4 is 0 Å². The molecule has 1 aliphatic heterocycles. The Morgan fingerprint density at radius 3 is 3.06 bits per heavy atom. The van der Waals surface area contributed by atoms with Gasteiger partial charge in [-0.1, -0.05) is 0 Å². The molecule has 0 saturated carbocycles. The van der Waals surface area contributed by atoms with Gasteiger partial charge in [-0.25, -0.2) is 0 Å². The number of aromatic amines is 1. The lowest BCUT2D eigenvalue weighted by Crippen LogP contribution is -2.24. The monoisotopic (exact) mass is 217 g/mol. The fourth-order valence-corrected chi connectivity index (χ4v) is 2.19. The first kappa shape index (κ1) is 9.21. The topological polar surface area (TPSA) is 62.1 Å². The minimum atomic E-state index is -0.156. The second-order valence-corrected chi connectivity index (χ2v) is 3.94. The van der Waals surface area contributed by atoms with Crippen LogP contribution in [0.5, 0.6) is 0 Å². The van der Waals surface area contributed by atoms with Gasteiger partial charge in [-0.05, 0) is 19.1 Å². The standard InChI is InChI=1S/C11H11N3O2/c1-6-8-9(13-12-6)11(15)14(2)10(8)7-4-3-5-16-7/h3-5,10H,1-2H3,(H,12,13)/t10-/m0/s1. The number of carbonyl (C=O) groups excluding carboxylic acids is 1. The highest BCUT2D eigenvalue weighted by Crippen LogP contribution is 2.37. The van der Waals surface area contributed by atoms with Crippen LogP contribution in [0.4, 0.5) is 0 Å². The number of hydrogen-bond acceptors (Lipinski definition) is 3. The summed E-state index contributed by atoms with van der Waals surface area (Å²) in [6.45, 7) is 1.91. The van der Waals surface area contributed by atoms with Crippen molar-refractivity contribution in [3.05, 3.63) is 41.1 Å². The summed E-state index contributed by atoms with van der Waals surface area (Å²) >= 11 is 0. The molecule has 1 N–H and O–H groups in total. The number of H-pyrrole nitrogens is 1. The lowest BCUT2D eigenvalue weighted by atomic mass is 10.1.